The van der Waals surface area contributed by atoms with Crippen molar-refractivity contribution in [3.8, 4) is 5.88 Å². The van der Waals surface area contributed by atoms with Gasteiger partial charge in [0.15, 0.2) is 5.15 Å². The van der Waals surface area contributed by atoms with Crippen LogP contribution in [0, 0.1) is 0 Å². The molecule has 1 heterocycles. The van der Waals surface area contributed by atoms with Crippen molar-refractivity contribution in [3.05, 3.63) is 51.1 Å². The van der Waals surface area contributed by atoms with E-state index in [4.69, 9.17) is 49.5 Å². The maximum Gasteiger partial charge on any atom is 0.436 e. The zero-order valence-electron chi connectivity index (χ0n) is 11.8. The summed E-state index contributed by atoms with van der Waals surface area (Å²) in [5.41, 5.74) is 0.874. The second-order valence-electron chi connectivity index (χ2n) is 4.22. The van der Waals surface area contributed by atoms with E-state index in [9.17, 15) is 4.79 Å². The van der Waals surface area contributed by atoms with E-state index in [1.165, 1.54) is 13.2 Å². The van der Waals surface area contributed by atoms with Crippen molar-refractivity contribution in [2.75, 3.05) is 12.2 Å². The van der Waals surface area contributed by atoms with Gasteiger partial charge < -0.3 is 9.84 Å². The van der Waals surface area contributed by atoms with E-state index < -0.39 is 6.09 Å². The molecule has 0 bridgehead atoms. The molecule has 23 heavy (non-hydrogen) atoms. The van der Waals surface area contributed by atoms with E-state index in [1.807, 2.05) is 0 Å². The van der Waals surface area contributed by atoms with Crippen LogP contribution in [0.3, 0.4) is 0 Å². The molecule has 2 rings (SSSR count). The highest BCUT2D eigenvalue weighted by molar-refractivity contribution is 6.42. The van der Waals surface area contributed by atoms with Crippen molar-refractivity contribution in [2.24, 2.45) is 0 Å². The summed E-state index contributed by atoms with van der Waals surface area (Å²) in [4.78, 5) is 20.0. The summed E-state index contributed by atoms with van der Waals surface area (Å²) >= 11 is 17.6. The number of anilines is 1. The highest BCUT2D eigenvalue weighted by atomic mass is 35.5. The lowest BCUT2D eigenvalue weighted by Crippen LogP contribution is -2.28. The maximum absolute atomic E-state index is 11.2. The summed E-state index contributed by atoms with van der Waals surface area (Å²) in [7, 11) is 1.25. The zero-order valence-corrected chi connectivity index (χ0v) is 14.1. The Morgan fingerprint density at radius 2 is 1.96 bits per heavy atom. The fourth-order valence-electron chi connectivity index (χ4n) is 1.79. The van der Waals surface area contributed by atoms with Gasteiger partial charge in [-0.2, -0.15) is 10.0 Å². The molecule has 6 nitrogen and oxygen atoms in total. The van der Waals surface area contributed by atoms with Gasteiger partial charge in [-0.1, -0.05) is 53.0 Å². The number of amides is 1. The average molecular weight is 378 g/mol. The Hall–Kier alpha value is -1.73. The Kier molecular flexibility index (Phi) is 5.90. The minimum absolute atomic E-state index is 0.00793. The standard InChI is InChI=1S/C14H11Cl3N2O4/c1-22-19(14(20)21)11-5-3-2-4-8(11)7-23-13-10(16)6-9(15)12(17)18-13/h2-6H,7H2,1H3,(H,20,21). The summed E-state index contributed by atoms with van der Waals surface area (Å²) in [5.74, 6) is 0.0927. The van der Waals surface area contributed by atoms with Crippen LogP contribution >= 0.6 is 34.8 Å². The fourth-order valence-corrected chi connectivity index (χ4v) is 2.33. The van der Waals surface area contributed by atoms with Crippen LogP contribution < -0.4 is 9.80 Å². The minimum atomic E-state index is -1.26. The average Bonchev–Trinajstić information content (AvgIpc) is 2.51. The van der Waals surface area contributed by atoms with E-state index >= 15 is 0 Å². The van der Waals surface area contributed by atoms with Gasteiger partial charge in [-0.25, -0.2) is 4.79 Å². The van der Waals surface area contributed by atoms with Gasteiger partial charge in [0, 0.05) is 5.56 Å². The number of hydrogen-bond donors (Lipinski definition) is 1. The van der Waals surface area contributed by atoms with Gasteiger partial charge in [0.2, 0.25) is 5.88 Å². The molecule has 0 fully saturated rings. The van der Waals surface area contributed by atoms with Gasteiger partial charge >= 0.3 is 6.09 Å². The summed E-state index contributed by atoms with van der Waals surface area (Å²) in [6, 6.07) is 8.11. The SMILES string of the molecule is CON(C(=O)O)c1ccccc1COc1nc(Cl)c(Cl)cc1Cl. The van der Waals surface area contributed by atoms with E-state index in [1.54, 1.807) is 24.3 Å². The number of carboxylic acid groups (broad SMARTS) is 1. The molecule has 0 saturated heterocycles. The van der Waals surface area contributed by atoms with Crippen molar-refractivity contribution in [3.63, 3.8) is 0 Å². The number of aromatic nitrogens is 1. The molecule has 1 aromatic carbocycles. The summed E-state index contributed by atoms with van der Waals surface area (Å²) < 4.78 is 5.51. The molecular formula is C14H11Cl3N2O4. The lowest BCUT2D eigenvalue weighted by atomic mass is 10.2. The molecule has 0 aliphatic carbocycles. The first-order chi connectivity index (χ1) is 10.9. The Labute approximate surface area is 147 Å². The van der Waals surface area contributed by atoms with Gasteiger partial charge in [-0.05, 0) is 12.1 Å². The molecule has 1 amide bonds. The predicted molar refractivity (Wildman–Crippen MR) is 87.6 cm³/mol. The normalized spacial score (nSPS) is 10.4. The van der Waals surface area contributed by atoms with Crippen molar-refractivity contribution in [1.29, 1.82) is 0 Å². The third-order valence-electron chi connectivity index (χ3n) is 2.79. The number of hydrogen-bond acceptors (Lipinski definition) is 4. The summed E-state index contributed by atoms with van der Waals surface area (Å²) in [6.07, 6.45) is -1.26. The van der Waals surface area contributed by atoms with Gasteiger partial charge in [0.05, 0.1) is 17.8 Å². The number of hydroxylamine groups is 1. The molecule has 0 aliphatic rings. The van der Waals surface area contributed by atoms with Crippen LogP contribution in [0.25, 0.3) is 0 Å². The smallest absolute Gasteiger partial charge is 0.436 e. The highest BCUT2D eigenvalue weighted by Gasteiger charge is 2.18. The molecule has 0 radical (unpaired) electrons. The third kappa shape index (κ3) is 4.17. The van der Waals surface area contributed by atoms with Crippen molar-refractivity contribution >= 4 is 46.6 Å². The molecule has 1 aromatic heterocycles. The predicted octanol–water partition coefficient (Wildman–Crippen LogP) is 4.67. The minimum Gasteiger partial charge on any atom is -0.472 e. The monoisotopic (exact) mass is 376 g/mol. The van der Waals surface area contributed by atoms with E-state index in [0.29, 0.717) is 11.3 Å². The number of halogens is 3. The molecule has 9 heteroatoms. The van der Waals surface area contributed by atoms with Gasteiger partial charge in [-0.15, -0.1) is 0 Å². The number of rotatable bonds is 5. The van der Waals surface area contributed by atoms with Crippen LogP contribution in [0.2, 0.25) is 15.2 Å². The first-order valence-electron chi connectivity index (χ1n) is 6.23. The molecule has 0 saturated carbocycles. The van der Waals surface area contributed by atoms with E-state index in [0.717, 1.165) is 5.06 Å². The Balaban J connectivity index is 2.25. The largest absolute Gasteiger partial charge is 0.472 e. The first kappa shape index (κ1) is 17.6. The lowest BCUT2D eigenvalue weighted by molar-refractivity contribution is 0.129. The molecule has 1 N–H and O–H groups in total. The van der Waals surface area contributed by atoms with Crippen molar-refractivity contribution in [1.82, 2.24) is 4.98 Å². The van der Waals surface area contributed by atoms with Crippen molar-refractivity contribution in [2.45, 2.75) is 6.61 Å². The first-order valence-corrected chi connectivity index (χ1v) is 7.36. The second kappa shape index (κ2) is 7.70. The molecule has 122 valence electrons. The number of para-hydroxylation sites is 1. The highest BCUT2D eigenvalue weighted by Crippen LogP contribution is 2.31. The number of pyridine rings is 1. The summed E-state index contributed by atoms with van der Waals surface area (Å²) in [5, 5.41) is 10.3. The van der Waals surface area contributed by atoms with E-state index in [2.05, 4.69) is 4.98 Å². The van der Waals surface area contributed by atoms with Gasteiger partial charge in [0.1, 0.15) is 11.6 Å². The third-order valence-corrected chi connectivity index (χ3v) is 3.73. The fraction of sp³-hybridized carbons (Fsp3) is 0.143. The second-order valence-corrected chi connectivity index (χ2v) is 5.40. The summed E-state index contributed by atoms with van der Waals surface area (Å²) in [6.45, 7) is 0.00793. The van der Waals surface area contributed by atoms with Crippen LogP contribution in [0.1, 0.15) is 5.56 Å². The molecule has 0 atom stereocenters. The topological polar surface area (TPSA) is 71.9 Å². The van der Waals surface area contributed by atoms with Crippen LogP contribution in [0.15, 0.2) is 30.3 Å². The number of carbonyl (C=O) groups is 1. The number of benzene rings is 1. The zero-order chi connectivity index (χ0) is 17.0. The maximum atomic E-state index is 11.2. The quantitative estimate of drug-likeness (QED) is 0.606. The molecular weight excluding hydrogens is 367 g/mol. The van der Waals surface area contributed by atoms with Crippen LogP contribution in [-0.2, 0) is 11.4 Å². The Morgan fingerprint density at radius 3 is 2.61 bits per heavy atom. The number of ether oxygens (including phenoxy) is 1. The number of nitrogens with zero attached hydrogens (tertiary/aromatic N) is 2. The molecule has 2 aromatic rings. The van der Waals surface area contributed by atoms with Gasteiger partial charge in [-0.3, -0.25) is 4.84 Å². The van der Waals surface area contributed by atoms with Crippen LogP contribution in [-0.4, -0.2) is 23.3 Å². The molecule has 0 unspecified atom stereocenters. The Morgan fingerprint density at radius 1 is 1.26 bits per heavy atom. The lowest BCUT2D eigenvalue weighted by Gasteiger charge is -2.19. The molecule has 0 spiro atoms. The Bertz CT molecular complexity index is 727. The van der Waals surface area contributed by atoms with E-state index in [-0.39, 0.29) is 27.7 Å². The van der Waals surface area contributed by atoms with Crippen LogP contribution in [0.5, 0.6) is 5.88 Å². The molecule has 0 aliphatic heterocycles. The van der Waals surface area contributed by atoms with Crippen LogP contribution in [0.4, 0.5) is 10.5 Å². The van der Waals surface area contributed by atoms with Crippen molar-refractivity contribution < 1.29 is 19.5 Å². The van der Waals surface area contributed by atoms with Gasteiger partial charge in [0.25, 0.3) is 0 Å².